The molecule has 1 saturated heterocycles. The molecule has 3 amide bonds. The normalized spacial score (nSPS) is 19.8. The highest BCUT2D eigenvalue weighted by molar-refractivity contribution is 7.13. The third-order valence-corrected chi connectivity index (χ3v) is 7.36. The van der Waals surface area contributed by atoms with Gasteiger partial charge in [0.25, 0.3) is 0 Å². The van der Waals surface area contributed by atoms with Crippen LogP contribution in [0, 0.1) is 12.3 Å². The Morgan fingerprint density at radius 2 is 1.86 bits per heavy atom. The van der Waals surface area contributed by atoms with Gasteiger partial charge in [-0.2, -0.15) is 0 Å². The summed E-state index contributed by atoms with van der Waals surface area (Å²) in [7, 11) is 0. The summed E-state index contributed by atoms with van der Waals surface area (Å²) >= 11 is 1.59. The molecule has 1 aliphatic rings. The van der Waals surface area contributed by atoms with Crippen molar-refractivity contribution < 1.29 is 19.5 Å². The Balaban J connectivity index is 1.73. The fourth-order valence-corrected chi connectivity index (χ4v) is 5.09. The summed E-state index contributed by atoms with van der Waals surface area (Å²) in [5, 5.41) is 16.1. The molecular formula is C26H36N4O4S. The first-order chi connectivity index (χ1) is 16.4. The summed E-state index contributed by atoms with van der Waals surface area (Å²) < 4.78 is 0. The van der Waals surface area contributed by atoms with Crippen LogP contribution in [-0.4, -0.2) is 57.4 Å². The molecule has 1 aromatic carbocycles. The topological polar surface area (TPSA) is 112 Å². The largest absolute Gasteiger partial charge is 0.391 e. The van der Waals surface area contributed by atoms with E-state index in [2.05, 4.69) is 15.6 Å². The summed E-state index contributed by atoms with van der Waals surface area (Å²) in [6.07, 6.45) is -0.382. The van der Waals surface area contributed by atoms with Gasteiger partial charge in [0.2, 0.25) is 17.7 Å². The fourth-order valence-electron chi connectivity index (χ4n) is 4.28. The van der Waals surface area contributed by atoms with Crippen molar-refractivity contribution in [3.05, 3.63) is 41.0 Å². The number of nitrogens with one attached hydrogen (secondary N) is 2. The monoisotopic (exact) mass is 500 g/mol. The lowest BCUT2D eigenvalue weighted by Gasteiger charge is -2.35. The van der Waals surface area contributed by atoms with Gasteiger partial charge in [-0.3, -0.25) is 14.4 Å². The van der Waals surface area contributed by atoms with Gasteiger partial charge in [-0.1, -0.05) is 52.0 Å². The smallest absolute Gasteiger partial charge is 0.246 e. The number of aliphatic hydroxyl groups excluding tert-OH is 1. The molecule has 0 saturated carbocycles. The van der Waals surface area contributed by atoms with E-state index >= 15 is 0 Å². The van der Waals surface area contributed by atoms with Crippen molar-refractivity contribution in [1.29, 1.82) is 0 Å². The number of β-amino-alcohol motifs (C(OH)–C–C–N with tert-alkyl or cyclic N) is 1. The van der Waals surface area contributed by atoms with Crippen molar-refractivity contribution in [2.75, 3.05) is 6.54 Å². The summed E-state index contributed by atoms with van der Waals surface area (Å²) in [5.41, 5.74) is 4.26. The number of amides is 3. The van der Waals surface area contributed by atoms with Crippen LogP contribution < -0.4 is 10.6 Å². The predicted octanol–water partition coefficient (Wildman–Crippen LogP) is 3.20. The zero-order chi connectivity index (χ0) is 25.9. The van der Waals surface area contributed by atoms with E-state index in [1.165, 1.54) is 4.90 Å². The maximum atomic E-state index is 13.5. The van der Waals surface area contributed by atoms with Crippen molar-refractivity contribution in [1.82, 2.24) is 20.5 Å². The zero-order valence-corrected chi connectivity index (χ0v) is 22.1. The van der Waals surface area contributed by atoms with E-state index in [9.17, 15) is 19.5 Å². The van der Waals surface area contributed by atoms with Gasteiger partial charge < -0.3 is 20.6 Å². The molecule has 4 atom stereocenters. The van der Waals surface area contributed by atoms with Crippen LogP contribution >= 0.6 is 11.3 Å². The van der Waals surface area contributed by atoms with Gasteiger partial charge in [-0.25, -0.2) is 4.98 Å². The lowest BCUT2D eigenvalue weighted by atomic mass is 9.85. The lowest BCUT2D eigenvalue weighted by Crippen LogP contribution is -2.57. The Hall–Kier alpha value is -2.78. The van der Waals surface area contributed by atoms with E-state index < -0.39 is 23.6 Å². The van der Waals surface area contributed by atoms with Crippen LogP contribution in [0.25, 0.3) is 10.4 Å². The van der Waals surface area contributed by atoms with Gasteiger partial charge in [0.05, 0.1) is 28.2 Å². The van der Waals surface area contributed by atoms with Crippen LogP contribution in [0.1, 0.15) is 64.8 Å². The van der Waals surface area contributed by atoms with Gasteiger partial charge in [0.1, 0.15) is 12.1 Å². The van der Waals surface area contributed by atoms with Crippen molar-refractivity contribution in [2.45, 2.75) is 78.6 Å². The Morgan fingerprint density at radius 1 is 1.20 bits per heavy atom. The van der Waals surface area contributed by atoms with Crippen LogP contribution in [0.15, 0.2) is 29.8 Å². The molecule has 9 heteroatoms. The van der Waals surface area contributed by atoms with Crippen LogP contribution in [0.4, 0.5) is 0 Å². The molecule has 1 fully saturated rings. The van der Waals surface area contributed by atoms with Crippen LogP contribution in [0.3, 0.4) is 0 Å². The van der Waals surface area contributed by atoms with E-state index in [0.29, 0.717) is 0 Å². The van der Waals surface area contributed by atoms with E-state index in [0.717, 1.165) is 21.7 Å². The molecular weight excluding hydrogens is 464 g/mol. The van der Waals surface area contributed by atoms with Crippen LogP contribution in [-0.2, 0) is 14.4 Å². The highest BCUT2D eigenvalue weighted by atomic mass is 32.1. The van der Waals surface area contributed by atoms with Gasteiger partial charge in [-0.05, 0) is 30.4 Å². The lowest BCUT2D eigenvalue weighted by molar-refractivity contribution is -0.144. The van der Waals surface area contributed by atoms with Crippen molar-refractivity contribution in [3.8, 4) is 10.4 Å². The van der Waals surface area contributed by atoms with Crippen LogP contribution in [0.5, 0.6) is 0 Å². The second-order valence-corrected chi connectivity index (χ2v) is 11.1. The Bertz CT molecular complexity index is 1060. The molecule has 1 aliphatic heterocycles. The maximum Gasteiger partial charge on any atom is 0.246 e. The number of aromatic nitrogens is 1. The molecule has 2 heterocycles. The summed E-state index contributed by atoms with van der Waals surface area (Å²) in [4.78, 5) is 45.6. The van der Waals surface area contributed by atoms with E-state index in [4.69, 9.17) is 0 Å². The number of rotatable bonds is 7. The number of hydrogen-bond acceptors (Lipinski definition) is 6. The van der Waals surface area contributed by atoms with Gasteiger partial charge >= 0.3 is 0 Å². The molecule has 0 spiro atoms. The van der Waals surface area contributed by atoms with Crippen LogP contribution in [0.2, 0.25) is 0 Å². The first-order valence-corrected chi connectivity index (χ1v) is 12.9. The molecule has 2 aromatic rings. The molecule has 3 N–H and O–H groups in total. The number of carbonyl (C=O) groups excluding carboxylic acids is 3. The van der Waals surface area contributed by atoms with Crippen molar-refractivity contribution in [3.63, 3.8) is 0 Å². The standard InChI is InChI=1S/C26H36N4O4S/c1-7-21(32)29-23(26(4,5)6)25(34)30-13-19(31)12-20(30)24(33)28-15(2)17-8-10-18(11-9-17)22-16(3)27-14-35-22/h8-11,14-15,19-20,23,31H,7,12-13H2,1-6H3,(H,28,33)(H,29,32)/t15-,19+,20?,23+/m0/s1. The van der Waals surface area contributed by atoms with E-state index in [1.807, 2.05) is 64.4 Å². The number of aliphatic hydroxyl groups is 1. The number of aryl methyl sites for hydroxylation is 1. The fraction of sp³-hybridized carbons (Fsp3) is 0.538. The molecule has 0 aliphatic carbocycles. The quantitative estimate of drug-likeness (QED) is 0.541. The minimum Gasteiger partial charge on any atom is -0.391 e. The van der Waals surface area contributed by atoms with Gasteiger partial charge in [0, 0.05) is 19.4 Å². The maximum absolute atomic E-state index is 13.5. The Labute approximate surface area is 211 Å². The minimum atomic E-state index is -0.803. The second-order valence-electron chi connectivity index (χ2n) is 10.2. The predicted molar refractivity (Wildman–Crippen MR) is 137 cm³/mol. The van der Waals surface area contributed by atoms with E-state index in [-0.39, 0.29) is 43.1 Å². The number of likely N-dealkylation sites (tertiary alicyclic amines) is 1. The van der Waals surface area contributed by atoms with Gasteiger partial charge in [-0.15, -0.1) is 11.3 Å². The Kier molecular flexibility index (Phi) is 8.33. The minimum absolute atomic E-state index is 0.0583. The van der Waals surface area contributed by atoms with E-state index in [1.54, 1.807) is 18.3 Å². The molecule has 35 heavy (non-hydrogen) atoms. The highest BCUT2D eigenvalue weighted by Gasteiger charge is 2.44. The molecule has 1 unspecified atom stereocenters. The average Bonchev–Trinajstić information content (AvgIpc) is 3.41. The molecule has 0 radical (unpaired) electrons. The first kappa shape index (κ1) is 26.8. The average molecular weight is 501 g/mol. The summed E-state index contributed by atoms with van der Waals surface area (Å²) in [6.45, 7) is 11.3. The highest BCUT2D eigenvalue weighted by Crippen LogP contribution is 2.29. The number of thiazole rings is 1. The summed E-state index contributed by atoms with van der Waals surface area (Å²) in [5.74, 6) is -0.906. The van der Waals surface area contributed by atoms with Crippen molar-refractivity contribution >= 4 is 29.1 Å². The molecule has 190 valence electrons. The van der Waals surface area contributed by atoms with Crippen molar-refractivity contribution in [2.24, 2.45) is 5.41 Å². The summed E-state index contributed by atoms with van der Waals surface area (Å²) in [6, 6.07) is 6.09. The van der Waals surface area contributed by atoms with Gasteiger partial charge in [0.15, 0.2) is 0 Å². The third kappa shape index (κ3) is 6.27. The molecule has 1 aromatic heterocycles. The number of carbonyl (C=O) groups is 3. The number of nitrogens with zero attached hydrogens (tertiary/aromatic N) is 2. The Morgan fingerprint density at radius 3 is 2.40 bits per heavy atom. The molecule has 0 bridgehead atoms. The first-order valence-electron chi connectivity index (χ1n) is 12.0. The zero-order valence-electron chi connectivity index (χ0n) is 21.3. The molecule has 3 rings (SSSR count). The SMILES string of the molecule is CCC(=O)N[C@H](C(=O)N1C[C@H](O)CC1C(=O)N[C@@H](C)c1ccc(-c2scnc2C)cc1)C(C)(C)C. The molecule has 8 nitrogen and oxygen atoms in total. The number of hydrogen-bond donors (Lipinski definition) is 3. The second kappa shape index (κ2) is 10.9. The third-order valence-electron chi connectivity index (χ3n) is 6.38. The number of benzene rings is 1.